The Morgan fingerprint density at radius 2 is 1.86 bits per heavy atom. The van der Waals surface area contributed by atoms with E-state index in [0.717, 1.165) is 0 Å². The van der Waals surface area contributed by atoms with Crippen LogP contribution in [0.5, 0.6) is 0 Å². The molecule has 0 radical (unpaired) electrons. The summed E-state index contributed by atoms with van der Waals surface area (Å²) in [7, 11) is -3.57. The van der Waals surface area contributed by atoms with E-state index in [2.05, 4.69) is 0 Å². The Balaban J connectivity index is 2.69. The lowest BCUT2D eigenvalue weighted by atomic mass is 10.2. The zero-order chi connectivity index (χ0) is 10.6. The van der Waals surface area contributed by atoms with Gasteiger partial charge in [0.05, 0.1) is 6.16 Å². The Hall–Kier alpha value is -1.12. The highest BCUT2D eigenvalue weighted by Crippen LogP contribution is 2.43. The van der Waals surface area contributed by atoms with Crippen molar-refractivity contribution >= 4 is 13.3 Å². The standard InChI is InChI=1S/C9H11O4P/c10-9(11)7-14(12,13)6-8-4-2-1-3-5-8/h1-5H,6-7H2,(H,10,11)(H,12,13). The molecule has 1 atom stereocenters. The smallest absolute Gasteiger partial charge is 0.313 e. The van der Waals surface area contributed by atoms with Crippen LogP contribution in [-0.4, -0.2) is 22.1 Å². The number of hydrogen-bond acceptors (Lipinski definition) is 2. The van der Waals surface area contributed by atoms with Gasteiger partial charge in [0.15, 0.2) is 0 Å². The molecule has 0 aliphatic carbocycles. The minimum Gasteiger partial charge on any atom is -0.481 e. The zero-order valence-corrected chi connectivity index (χ0v) is 8.35. The first-order valence-electron chi connectivity index (χ1n) is 4.06. The highest BCUT2D eigenvalue weighted by atomic mass is 31.2. The van der Waals surface area contributed by atoms with E-state index < -0.39 is 19.5 Å². The second kappa shape index (κ2) is 4.40. The highest BCUT2D eigenvalue weighted by molar-refractivity contribution is 7.58. The molecule has 14 heavy (non-hydrogen) atoms. The summed E-state index contributed by atoms with van der Waals surface area (Å²) in [5.41, 5.74) is 0.680. The van der Waals surface area contributed by atoms with Crippen molar-refractivity contribution in [3.8, 4) is 0 Å². The molecule has 0 heterocycles. The van der Waals surface area contributed by atoms with Gasteiger partial charge < -0.3 is 10.00 Å². The van der Waals surface area contributed by atoms with Gasteiger partial charge >= 0.3 is 5.97 Å². The molecule has 2 N–H and O–H groups in total. The topological polar surface area (TPSA) is 74.6 Å². The molecule has 0 aromatic heterocycles. The van der Waals surface area contributed by atoms with Gasteiger partial charge in [0.1, 0.15) is 6.16 Å². The molecule has 0 spiro atoms. The number of aliphatic carboxylic acids is 1. The van der Waals surface area contributed by atoms with Crippen LogP contribution in [0.3, 0.4) is 0 Å². The summed E-state index contributed by atoms with van der Waals surface area (Å²) in [6, 6.07) is 8.69. The molecule has 0 amide bonds. The molecule has 1 unspecified atom stereocenters. The van der Waals surface area contributed by atoms with Crippen molar-refractivity contribution in [3.63, 3.8) is 0 Å². The van der Waals surface area contributed by atoms with E-state index in [1.807, 2.05) is 0 Å². The third-order valence-corrected chi connectivity index (χ3v) is 3.28. The summed E-state index contributed by atoms with van der Waals surface area (Å²) in [5, 5.41) is 8.39. The summed E-state index contributed by atoms with van der Waals surface area (Å²) < 4.78 is 11.4. The van der Waals surface area contributed by atoms with E-state index in [1.165, 1.54) is 0 Å². The van der Waals surface area contributed by atoms with Crippen LogP contribution in [0.4, 0.5) is 0 Å². The summed E-state index contributed by atoms with van der Waals surface area (Å²) in [6.07, 6.45) is -0.762. The monoisotopic (exact) mass is 214 g/mol. The van der Waals surface area contributed by atoms with Crippen molar-refractivity contribution in [2.24, 2.45) is 0 Å². The van der Waals surface area contributed by atoms with E-state index in [1.54, 1.807) is 30.3 Å². The summed E-state index contributed by atoms with van der Waals surface area (Å²) >= 11 is 0. The normalized spacial score (nSPS) is 14.6. The Labute approximate surface area is 81.7 Å². The van der Waals surface area contributed by atoms with Gasteiger partial charge in [0.2, 0.25) is 7.37 Å². The van der Waals surface area contributed by atoms with Crippen molar-refractivity contribution in [2.45, 2.75) is 6.16 Å². The van der Waals surface area contributed by atoms with Gasteiger partial charge in [-0.25, -0.2) is 0 Å². The van der Waals surface area contributed by atoms with Crippen LogP contribution in [0.2, 0.25) is 0 Å². The SMILES string of the molecule is O=C(O)CP(=O)(O)Cc1ccccc1. The molecule has 0 bridgehead atoms. The van der Waals surface area contributed by atoms with Gasteiger partial charge in [-0.15, -0.1) is 0 Å². The van der Waals surface area contributed by atoms with Crippen LogP contribution >= 0.6 is 7.37 Å². The van der Waals surface area contributed by atoms with Gasteiger partial charge in [0.25, 0.3) is 0 Å². The molecule has 0 aliphatic heterocycles. The van der Waals surface area contributed by atoms with Gasteiger partial charge in [-0.2, -0.15) is 0 Å². The fourth-order valence-electron chi connectivity index (χ4n) is 1.14. The van der Waals surface area contributed by atoms with E-state index in [9.17, 15) is 14.3 Å². The second-order valence-corrected chi connectivity index (χ2v) is 5.37. The first-order chi connectivity index (χ1) is 6.49. The maximum Gasteiger partial charge on any atom is 0.313 e. The fraction of sp³-hybridized carbons (Fsp3) is 0.222. The Kier molecular flexibility index (Phi) is 3.44. The molecule has 4 nitrogen and oxygen atoms in total. The zero-order valence-electron chi connectivity index (χ0n) is 7.46. The van der Waals surface area contributed by atoms with Crippen LogP contribution < -0.4 is 0 Å². The van der Waals surface area contributed by atoms with Gasteiger partial charge in [-0.3, -0.25) is 9.36 Å². The molecule has 1 aromatic carbocycles. The quantitative estimate of drug-likeness (QED) is 0.745. The maximum atomic E-state index is 11.4. The van der Waals surface area contributed by atoms with Gasteiger partial charge in [-0.05, 0) is 5.56 Å². The molecular weight excluding hydrogens is 203 g/mol. The first-order valence-corrected chi connectivity index (χ1v) is 6.09. The average Bonchev–Trinajstić information content (AvgIpc) is 2.02. The number of rotatable bonds is 4. The summed E-state index contributed by atoms with van der Waals surface area (Å²) in [6.45, 7) is 0. The van der Waals surface area contributed by atoms with E-state index in [-0.39, 0.29) is 6.16 Å². The van der Waals surface area contributed by atoms with Crippen molar-refractivity contribution in [2.75, 3.05) is 6.16 Å². The number of carbonyl (C=O) groups is 1. The van der Waals surface area contributed by atoms with Crippen molar-refractivity contribution in [1.82, 2.24) is 0 Å². The second-order valence-electron chi connectivity index (χ2n) is 3.04. The van der Waals surface area contributed by atoms with Crippen LogP contribution in [0, 0.1) is 0 Å². The minimum absolute atomic E-state index is 0.0832. The third kappa shape index (κ3) is 3.73. The number of hydrogen-bond donors (Lipinski definition) is 2. The average molecular weight is 214 g/mol. The Morgan fingerprint density at radius 3 is 2.36 bits per heavy atom. The largest absolute Gasteiger partial charge is 0.481 e. The Morgan fingerprint density at radius 1 is 1.29 bits per heavy atom. The highest BCUT2D eigenvalue weighted by Gasteiger charge is 2.22. The molecule has 1 rings (SSSR count). The molecule has 1 aromatic rings. The third-order valence-electron chi connectivity index (χ3n) is 1.65. The summed E-state index contributed by atoms with van der Waals surface area (Å²) in [4.78, 5) is 19.6. The number of carboxylic acid groups (broad SMARTS) is 1. The minimum atomic E-state index is -3.57. The Bertz CT molecular complexity index is 360. The van der Waals surface area contributed by atoms with Crippen molar-refractivity contribution in [1.29, 1.82) is 0 Å². The first kappa shape index (κ1) is 11.0. The van der Waals surface area contributed by atoms with E-state index >= 15 is 0 Å². The fourth-order valence-corrected chi connectivity index (χ4v) is 2.45. The molecule has 0 saturated heterocycles. The molecule has 0 saturated carbocycles. The van der Waals surface area contributed by atoms with Crippen LogP contribution in [0.1, 0.15) is 5.56 Å². The van der Waals surface area contributed by atoms with Crippen molar-refractivity contribution < 1.29 is 19.4 Å². The van der Waals surface area contributed by atoms with E-state index in [0.29, 0.717) is 5.56 Å². The maximum absolute atomic E-state index is 11.4. The molecular formula is C9H11O4P. The van der Waals surface area contributed by atoms with Crippen LogP contribution in [0.25, 0.3) is 0 Å². The summed E-state index contributed by atoms with van der Waals surface area (Å²) in [5.74, 6) is -1.24. The molecule has 0 fully saturated rings. The lowest BCUT2D eigenvalue weighted by Crippen LogP contribution is -2.04. The molecule has 76 valence electrons. The van der Waals surface area contributed by atoms with E-state index in [4.69, 9.17) is 5.11 Å². The van der Waals surface area contributed by atoms with Crippen LogP contribution in [-0.2, 0) is 15.5 Å². The molecule has 0 aliphatic rings. The predicted octanol–water partition coefficient (Wildman–Crippen LogP) is 1.54. The van der Waals surface area contributed by atoms with Gasteiger partial charge in [-0.1, -0.05) is 30.3 Å². The van der Waals surface area contributed by atoms with Gasteiger partial charge in [0, 0.05) is 0 Å². The molecule has 5 heteroatoms. The van der Waals surface area contributed by atoms with Crippen molar-refractivity contribution in [3.05, 3.63) is 35.9 Å². The number of carboxylic acids is 1. The van der Waals surface area contributed by atoms with Crippen LogP contribution in [0.15, 0.2) is 30.3 Å². The predicted molar refractivity (Wildman–Crippen MR) is 52.5 cm³/mol. The lowest BCUT2D eigenvalue weighted by molar-refractivity contribution is -0.134. The lowest BCUT2D eigenvalue weighted by Gasteiger charge is -2.08. The number of benzene rings is 1.